The summed E-state index contributed by atoms with van der Waals surface area (Å²) < 4.78 is 13.0. The first-order valence-corrected chi connectivity index (χ1v) is 6.99. The van der Waals surface area contributed by atoms with E-state index in [1.807, 2.05) is 0 Å². The van der Waals surface area contributed by atoms with Crippen LogP contribution in [0.25, 0.3) is 0 Å². The number of aliphatic hydroxyl groups is 1. The van der Waals surface area contributed by atoms with Crippen molar-refractivity contribution in [3.63, 3.8) is 0 Å². The summed E-state index contributed by atoms with van der Waals surface area (Å²) in [7, 11) is 0. The topological polar surface area (TPSA) is 66.8 Å². The van der Waals surface area contributed by atoms with Crippen molar-refractivity contribution in [2.45, 2.75) is 12.5 Å². The average Bonchev–Trinajstić information content (AvgIpc) is 2.78. The van der Waals surface area contributed by atoms with E-state index >= 15 is 0 Å². The maximum Gasteiger partial charge on any atom is 0.285 e. The molecule has 118 valence electrons. The highest BCUT2D eigenvalue weighted by atomic mass is 19.1. The summed E-state index contributed by atoms with van der Waals surface area (Å²) in [4.78, 5) is 29.6. The Morgan fingerprint density at radius 2 is 1.57 bits per heavy atom. The Bertz CT molecular complexity index is 735. The lowest BCUT2D eigenvalue weighted by atomic mass is 9.97. The number of rotatable bonds is 4. The fourth-order valence-corrected chi connectivity index (χ4v) is 2.37. The Labute approximate surface area is 131 Å². The fourth-order valence-electron chi connectivity index (χ4n) is 2.37. The van der Waals surface area contributed by atoms with Crippen LogP contribution in [0.3, 0.4) is 0 Å². The van der Waals surface area contributed by atoms with Gasteiger partial charge in [-0.25, -0.2) is 4.39 Å². The van der Waals surface area contributed by atoms with Gasteiger partial charge in [0.05, 0.1) is 11.1 Å². The van der Waals surface area contributed by atoms with Gasteiger partial charge in [0.2, 0.25) is 0 Å². The first kappa shape index (κ1) is 15.3. The summed E-state index contributed by atoms with van der Waals surface area (Å²) in [6, 6.07) is 11.7. The predicted molar refractivity (Wildman–Crippen MR) is 78.9 cm³/mol. The monoisotopic (exact) mass is 315 g/mol. The summed E-state index contributed by atoms with van der Waals surface area (Å²) in [5.74, 6) is -1.56. The number of halogens is 1. The van der Waals surface area contributed by atoms with E-state index in [0.29, 0.717) is 10.6 Å². The van der Waals surface area contributed by atoms with Crippen molar-refractivity contribution in [3.8, 4) is 0 Å². The van der Waals surface area contributed by atoms with Gasteiger partial charge in [-0.3, -0.25) is 14.4 Å². The number of nitrogens with zero attached hydrogens (tertiary/aromatic N) is 1. The van der Waals surface area contributed by atoms with E-state index in [1.165, 1.54) is 43.3 Å². The zero-order chi connectivity index (χ0) is 16.6. The zero-order valence-corrected chi connectivity index (χ0v) is 12.3. The number of carbonyl (C=O) groups is 2. The standard InChI is InChI=1S/C17H14FNO4/c1-17(22,11-6-8-12(18)9-7-11)10-23-19-15(20)13-4-2-3-5-14(13)16(19)21/h2-9,22H,10H2,1H3. The van der Waals surface area contributed by atoms with Crippen LogP contribution < -0.4 is 0 Å². The van der Waals surface area contributed by atoms with Gasteiger partial charge in [-0.05, 0) is 36.8 Å². The Kier molecular flexibility index (Phi) is 3.71. The summed E-state index contributed by atoms with van der Waals surface area (Å²) in [6.07, 6.45) is 0. The number of hydroxylamine groups is 2. The molecule has 2 aromatic rings. The molecule has 2 amide bonds. The van der Waals surface area contributed by atoms with Crippen molar-refractivity contribution in [2.24, 2.45) is 0 Å². The molecular weight excluding hydrogens is 301 g/mol. The third kappa shape index (κ3) is 2.74. The van der Waals surface area contributed by atoms with E-state index in [1.54, 1.807) is 12.1 Å². The number of hydrogen-bond donors (Lipinski definition) is 1. The van der Waals surface area contributed by atoms with Crippen LogP contribution in [-0.2, 0) is 10.4 Å². The molecule has 0 radical (unpaired) electrons. The minimum absolute atomic E-state index is 0.263. The van der Waals surface area contributed by atoms with Gasteiger partial charge >= 0.3 is 0 Å². The number of benzene rings is 2. The molecule has 5 nitrogen and oxygen atoms in total. The molecule has 0 fully saturated rings. The molecule has 1 heterocycles. The summed E-state index contributed by atoms with van der Waals surface area (Å²) in [5.41, 5.74) is -0.545. The molecule has 1 N–H and O–H groups in total. The third-order valence-corrected chi connectivity index (χ3v) is 3.70. The van der Waals surface area contributed by atoms with Crippen molar-refractivity contribution in [2.75, 3.05) is 6.61 Å². The molecule has 3 rings (SSSR count). The van der Waals surface area contributed by atoms with Gasteiger partial charge < -0.3 is 5.11 Å². The third-order valence-electron chi connectivity index (χ3n) is 3.70. The summed E-state index contributed by atoms with van der Waals surface area (Å²) in [5, 5.41) is 11.1. The lowest BCUT2D eigenvalue weighted by Gasteiger charge is -2.25. The van der Waals surface area contributed by atoms with Crippen molar-refractivity contribution >= 4 is 11.8 Å². The van der Waals surface area contributed by atoms with Crippen molar-refractivity contribution in [1.82, 2.24) is 5.06 Å². The fraction of sp³-hybridized carbons (Fsp3) is 0.176. The minimum atomic E-state index is -1.48. The van der Waals surface area contributed by atoms with Crippen molar-refractivity contribution < 1.29 is 23.9 Å². The maximum absolute atomic E-state index is 13.0. The molecule has 0 spiro atoms. The van der Waals surface area contributed by atoms with Gasteiger partial charge in [0, 0.05) is 0 Å². The van der Waals surface area contributed by atoms with Crippen LogP contribution in [0.1, 0.15) is 33.2 Å². The van der Waals surface area contributed by atoms with Gasteiger partial charge in [0.1, 0.15) is 18.0 Å². The Balaban J connectivity index is 1.75. The largest absolute Gasteiger partial charge is 0.383 e. The number of fused-ring (bicyclic) bond motifs is 1. The number of carbonyl (C=O) groups excluding carboxylic acids is 2. The second-order valence-electron chi connectivity index (χ2n) is 5.50. The van der Waals surface area contributed by atoms with Crippen molar-refractivity contribution in [1.29, 1.82) is 0 Å². The van der Waals surface area contributed by atoms with Gasteiger partial charge in [-0.1, -0.05) is 24.3 Å². The van der Waals surface area contributed by atoms with E-state index in [-0.39, 0.29) is 17.7 Å². The highest BCUT2D eigenvalue weighted by molar-refractivity contribution is 6.20. The van der Waals surface area contributed by atoms with Crippen LogP contribution in [0.5, 0.6) is 0 Å². The van der Waals surface area contributed by atoms with Gasteiger partial charge in [-0.2, -0.15) is 0 Å². The molecule has 1 aliphatic rings. The zero-order valence-electron chi connectivity index (χ0n) is 12.3. The van der Waals surface area contributed by atoms with E-state index in [2.05, 4.69) is 0 Å². The smallest absolute Gasteiger partial charge is 0.285 e. The molecule has 2 aromatic carbocycles. The Morgan fingerprint density at radius 3 is 2.09 bits per heavy atom. The lowest BCUT2D eigenvalue weighted by Crippen LogP contribution is -2.37. The van der Waals surface area contributed by atoms with Crippen LogP contribution in [0.4, 0.5) is 4.39 Å². The van der Waals surface area contributed by atoms with E-state index < -0.39 is 23.2 Å². The second kappa shape index (κ2) is 5.57. The van der Waals surface area contributed by atoms with Gasteiger partial charge in [-0.15, -0.1) is 5.06 Å². The first-order chi connectivity index (χ1) is 10.9. The molecule has 1 aliphatic heterocycles. The van der Waals surface area contributed by atoms with Crippen LogP contribution in [0, 0.1) is 5.82 Å². The Morgan fingerprint density at radius 1 is 1.04 bits per heavy atom. The van der Waals surface area contributed by atoms with E-state index in [0.717, 1.165) is 0 Å². The molecule has 1 unspecified atom stereocenters. The average molecular weight is 315 g/mol. The Hall–Kier alpha value is -2.57. The normalized spacial score (nSPS) is 16.4. The molecule has 0 saturated heterocycles. The molecule has 0 bridgehead atoms. The van der Waals surface area contributed by atoms with Crippen LogP contribution in [-0.4, -0.2) is 28.6 Å². The molecule has 1 atom stereocenters. The molecule has 0 aliphatic carbocycles. The molecule has 6 heteroatoms. The van der Waals surface area contributed by atoms with Crippen LogP contribution in [0.15, 0.2) is 48.5 Å². The quantitative estimate of drug-likeness (QED) is 0.879. The highest BCUT2D eigenvalue weighted by Gasteiger charge is 2.38. The SMILES string of the molecule is CC(O)(CON1C(=O)c2ccccc2C1=O)c1ccc(F)cc1. The molecule has 0 aromatic heterocycles. The molecular formula is C17H14FNO4. The summed E-state index contributed by atoms with van der Waals surface area (Å²) >= 11 is 0. The van der Waals surface area contributed by atoms with E-state index in [4.69, 9.17) is 4.84 Å². The number of hydrogen-bond acceptors (Lipinski definition) is 4. The predicted octanol–water partition coefficient (Wildman–Crippen LogP) is 2.26. The van der Waals surface area contributed by atoms with Gasteiger partial charge in [0.25, 0.3) is 11.8 Å². The second-order valence-corrected chi connectivity index (χ2v) is 5.50. The van der Waals surface area contributed by atoms with E-state index in [9.17, 15) is 19.1 Å². The number of amides is 2. The number of imide groups is 1. The highest BCUT2D eigenvalue weighted by Crippen LogP contribution is 2.26. The van der Waals surface area contributed by atoms with Crippen LogP contribution >= 0.6 is 0 Å². The summed E-state index contributed by atoms with van der Waals surface area (Å²) in [6.45, 7) is 1.13. The lowest BCUT2D eigenvalue weighted by molar-refractivity contribution is -0.144. The van der Waals surface area contributed by atoms with Crippen LogP contribution in [0.2, 0.25) is 0 Å². The molecule has 23 heavy (non-hydrogen) atoms. The van der Waals surface area contributed by atoms with Gasteiger partial charge in [0.15, 0.2) is 0 Å². The maximum atomic E-state index is 13.0. The minimum Gasteiger partial charge on any atom is -0.383 e. The first-order valence-electron chi connectivity index (χ1n) is 6.99. The molecule has 0 saturated carbocycles. The van der Waals surface area contributed by atoms with Crippen molar-refractivity contribution in [3.05, 3.63) is 71.0 Å².